The van der Waals surface area contributed by atoms with Crippen molar-refractivity contribution in [1.29, 1.82) is 0 Å². The lowest BCUT2D eigenvalue weighted by atomic mass is 10.0. The van der Waals surface area contributed by atoms with Crippen molar-refractivity contribution in [3.63, 3.8) is 0 Å². The average molecular weight is 276 g/mol. The van der Waals surface area contributed by atoms with E-state index in [1.165, 1.54) is 0 Å². The molecule has 0 bridgehead atoms. The Labute approximate surface area is 117 Å². The van der Waals surface area contributed by atoms with Crippen LogP contribution in [-0.2, 0) is 13.0 Å². The molecule has 0 aliphatic heterocycles. The Kier molecular flexibility index (Phi) is 4.11. The summed E-state index contributed by atoms with van der Waals surface area (Å²) in [6.45, 7) is 4.79. The molecule has 2 aromatic rings. The molecular weight excluding hydrogens is 256 g/mol. The Morgan fingerprint density at radius 3 is 2.60 bits per heavy atom. The van der Waals surface area contributed by atoms with Crippen LogP contribution in [0.25, 0.3) is 10.9 Å². The van der Waals surface area contributed by atoms with Crippen LogP contribution >= 0.6 is 0 Å². The van der Waals surface area contributed by atoms with E-state index in [1.54, 1.807) is 13.0 Å². The van der Waals surface area contributed by atoms with Gasteiger partial charge in [0.2, 0.25) is 0 Å². The molecule has 0 fully saturated rings. The fourth-order valence-corrected chi connectivity index (χ4v) is 2.78. The van der Waals surface area contributed by atoms with Crippen LogP contribution in [0.15, 0.2) is 12.1 Å². The molecule has 0 unspecified atom stereocenters. The molecule has 0 atom stereocenters. The summed E-state index contributed by atoms with van der Waals surface area (Å²) < 4.78 is 1.96. The molecule has 5 heteroatoms. The predicted octanol–water partition coefficient (Wildman–Crippen LogP) is 1.45. The number of aliphatic hydroxyl groups excluding tert-OH is 1. The van der Waals surface area contributed by atoms with Crippen molar-refractivity contribution < 1.29 is 15.0 Å². The second-order valence-electron chi connectivity index (χ2n) is 4.97. The summed E-state index contributed by atoms with van der Waals surface area (Å²) in [6.07, 6.45) is 0.743. The van der Waals surface area contributed by atoms with Crippen molar-refractivity contribution in [3.05, 3.63) is 34.5 Å². The Morgan fingerprint density at radius 2 is 2.05 bits per heavy atom. The first-order valence-corrected chi connectivity index (χ1v) is 6.67. The summed E-state index contributed by atoms with van der Waals surface area (Å²) in [5.74, 6) is -0.931. The minimum Gasteiger partial charge on any atom is -0.478 e. The standard InChI is InChI=1S/C15H20N2O3/c1-9-7-13-11(3-4-16)10(2)17(5-6-18)14(13)8-12(9)15(19)20/h7-8,18H,3-6,16H2,1-2H3,(H,19,20). The van der Waals surface area contributed by atoms with Gasteiger partial charge >= 0.3 is 5.97 Å². The van der Waals surface area contributed by atoms with Crippen molar-refractivity contribution in [2.75, 3.05) is 13.2 Å². The maximum Gasteiger partial charge on any atom is 0.336 e. The smallest absolute Gasteiger partial charge is 0.336 e. The van der Waals surface area contributed by atoms with Crippen molar-refractivity contribution in [2.45, 2.75) is 26.8 Å². The van der Waals surface area contributed by atoms with E-state index >= 15 is 0 Å². The molecule has 1 aromatic heterocycles. The maximum absolute atomic E-state index is 11.3. The lowest BCUT2D eigenvalue weighted by Crippen LogP contribution is -2.07. The van der Waals surface area contributed by atoms with Gasteiger partial charge in [-0.1, -0.05) is 0 Å². The fraction of sp³-hybridized carbons (Fsp3) is 0.400. The van der Waals surface area contributed by atoms with Gasteiger partial charge in [-0.25, -0.2) is 4.79 Å². The highest BCUT2D eigenvalue weighted by Crippen LogP contribution is 2.29. The quantitative estimate of drug-likeness (QED) is 0.771. The number of benzene rings is 1. The number of hydrogen-bond acceptors (Lipinski definition) is 3. The highest BCUT2D eigenvalue weighted by Gasteiger charge is 2.17. The van der Waals surface area contributed by atoms with E-state index in [9.17, 15) is 15.0 Å². The Hall–Kier alpha value is -1.85. The zero-order valence-corrected chi connectivity index (χ0v) is 11.8. The summed E-state index contributed by atoms with van der Waals surface area (Å²) in [7, 11) is 0. The van der Waals surface area contributed by atoms with Crippen molar-refractivity contribution in [1.82, 2.24) is 4.57 Å². The van der Waals surface area contributed by atoms with Crippen molar-refractivity contribution in [3.8, 4) is 0 Å². The van der Waals surface area contributed by atoms with E-state index in [-0.39, 0.29) is 6.61 Å². The summed E-state index contributed by atoms with van der Waals surface area (Å²) >= 11 is 0. The molecular formula is C15H20N2O3. The topological polar surface area (TPSA) is 88.5 Å². The average Bonchev–Trinajstić information content (AvgIpc) is 2.64. The van der Waals surface area contributed by atoms with Crippen LogP contribution in [0.3, 0.4) is 0 Å². The number of nitrogens with two attached hydrogens (primary N) is 1. The number of aromatic carboxylic acids is 1. The number of aliphatic hydroxyl groups is 1. The van der Waals surface area contributed by atoms with Crippen LogP contribution in [0.5, 0.6) is 0 Å². The number of aryl methyl sites for hydroxylation is 1. The molecule has 20 heavy (non-hydrogen) atoms. The molecule has 1 heterocycles. The molecule has 4 N–H and O–H groups in total. The molecule has 2 rings (SSSR count). The van der Waals surface area contributed by atoms with Crippen LogP contribution in [0.1, 0.15) is 27.2 Å². The van der Waals surface area contributed by atoms with Crippen molar-refractivity contribution >= 4 is 16.9 Å². The van der Waals surface area contributed by atoms with Gasteiger partial charge < -0.3 is 20.5 Å². The molecule has 0 radical (unpaired) electrons. The van der Waals surface area contributed by atoms with Crippen LogP contribution in [-0.4, -0.2) is 33.9 Å². The highest BCUT2D eigenvalue weighted by molar-refractivity contribution is 5.97. The Morgan fingerprint density at radius 1 is 1.35 bits per heavy atom. The second kappa shape index (κ2) is 5.64. The first kappa shape index (κ1) is 14.6. The van der Waals surface area contributed by atoms with Gasteiger partial charge in [-0.2, -0.15) is 0 Å². The largest absolute Gasteiger partial charge is 0.478 e. The Balaban J connectivity index is 2.78. The van der Waals surface area contributed by atoms with Gasteiger partial charge in [0.1, 0.15) is 0 Å². The third kappa shape index (κ3) is 2.30. The lowest BCUT2D eigenvalue weighted by Gasteiger charge is -2.07. The minimum absolute atomic E-state index is 0.0168. The molecule has 0 spiro atoms. The predicted molar refractivity (Wildman–Crippen MR) is 78.2 cm³/mol. The molecule has 0 aliphatic carbocycles. The highest BCUT2D eigenvalue weighted by atomic mass is 16.4. The van der Waals surface area contributed by atoms with Gasteiger partial charge in [-0.15, -0.1) is 0 Å². The van der Waals surface area contributed by atoms with Crippen molar-refractivity contribution in [2.24, 2.45) is 5.73 Å². The zero-order valence-electron chi connectivity index (χ0n) is 11.8. The van der Waals surface area contributed by atoms with Crippen LogP contribution in [0.2, 0.25) is 0 Å². The van der Waals surface area contributed by atoms with Crippen LogP contribution in [0.4, 0.5) is 0 Å². The van der Waals surface area contributed by atoms with Gasteiger partial charge in [0.15, 0.2) is 0 Å². The number of fused-ring (bicyclic) bond motifs is 1. The summed E-state index contributed by atoms with van der Waals surface area (Å²) in [5.41, 5.74) is 9.74. The summed E-state index contributed by atoms with van der Waals surface area (Å²) in [4.78, 5) is 11.3. The third-order valence-corrected chi connectivity index (χ3v) is 3.75. The number of aromatic nitrogens is 1. The normalized spacial score (nSPS) is 11.2. The number of hydrogen-bond donors (Lipinski definition) is 3. The third-order valence-electron chi connectivity index (χ3n) is 3.75. The first-order chi connectivity index (χ1) is 9.51. The number of nitrogens with zero attached hydrogens (tertiary/aromatic N) is 1. The van der Waals surface area contributed by atoms with E-state index in [4.69, 9.17) is 5.73 Å². The van der Waals surface area contributed by atoms with Gasteiger partial charge in [0.05, 0.1) is 12.2 Å². The minimum atomic E-state index is -0.931. The van der Waals surface area contributed by atoms with E-state index < -0.39 is 5.97 Å². The number of carbonyl (C=O) groups is 1. The van der Waals surface area contributed by atoms with Crippen LogP contribution < -0.4 is 5.73 Å². The number of carboxylic acids is 1. The molecule has 0 amide bonds. The molecule has 0 saturated carbocycles. The second-order valence-corrected chi connectivity index (χ2v) is 4.97. The van der Waals surface area contributed by atoms with E-state index in [1.807, 2.05) is 17.6 Å². The molecule has 1 aromatic carbocycles. The molecule has 0 saturated heterocycles. The van der Waals surface area contributed by atoms with Gasteiger partial charge in [-0.05, 0) is 50.1 Å². The van der Waals surface area contributed by atoms with Gasteiger partial charge in [0.25, 0.3) is 0 Å². The SMILES string of the molecule is Cc1cc2c(CCN)c(C)n(CCO)c2cc1C(=O)O. The molecule has 0 aliphatic rings. The van der Waals surface area contributed by atoms with Crippen LogP contribution in [0, 0.1) is 13.8 Å². The van der Waals surface area contributed by atoms with E-state index in [0.29, 0.717) is 18.7 Å². The summed E-state index contributed by atoms with van der Waals surface area (Å²) in [6, 6.07) is 3.60. The van der Waals surface area contributed by atoms with E-state index in [0.717, 1.165) is 34.1 Å². The molecule has 108 valence electrons. The lowest BCUT2D eigenvalue weighted by molar-refractivity contribution is 0.0696. The van der Waals surface area contributed by atoms with Gasteiger partial charge in [-0.3, -0.25) is 0 Å². The van der Waals surface area contributed by atoms with Gasteiger partial charge in [0, 0.05) is 23.1 Å². The summed E-state index contributed by atoms with van der Waals surface area (Å²) in [5, 5.41) is 19.5. The maximum atomic E-state index is 11.3. The number of carboxylic acid groups (broad SMARTS) is 1. The fourth-order valence-electron chi connectivity index (χ4n) is 2.78. The Bertz CT molecular complexity index is 659. The molecule has 5 nitrogen and oxygen atoms in total. The number of rotatable bonds is 5. The zero-order chi connectivity index (χ0) is 14.9. The first-order valence-electron chi connectivity index (χ1n) is 6.67. The van der Waals surface area contributed by atoms with E-state index in [2.05, 4.69) is 0 Å². The monoisotopic (exact) mass is 276 g/mol.